The first-order valence-electron chi connectivity index (χ1n) is 16.5. The molecule has 0 fully saturated rings. The minimum absolute atomic E-state index is 1.12. The van der Waals surface area contributed by atoms with Crippen LogP contribution in [0.4, 0.5) is 0 Å². The molecule has 0 bridgehead atoms. The van der Waals surface area contributed by atoms with E-state index in [1.807, 2.05) is 7.11 Å². The lowest BCUT2D eigenvalue weighted by atomic mass is 10.0. The van der Waals surface area contributed by atoms with E-state index in [1.165, 1.54) is 133 Å². The second-order valence-electron chi connectivity index (χ2n) is 12.6. The molecule has 0 saturated carbocycles. The van der Waals surface area contributed by atoms with Gasteiger partial charge in [0.1, 0.15) is 0 Å². The van der Waals surface area contributed by atoms with E-state index in [0.29, 0.717) is 0 Å². The van der Waals surface area contributed by atoms with E-state index in [1.54, 1.807) is 0 Å². The van der Waals surface area contributed by atoms with Crippen LogP contribution in [0.25, 0.3) is 0 Å². The van der Waals surface area contributed by atoms with Crippen molar-refractivity contribution in [2.75, 3.05) is 34.3 Å². The molecule has 0 N–H and O–H groups in total. The molecule has 0 saturated heterocycles. The molecule has 39 heavy (non-hydrogen) atoms. The Morgan fingerprint density at radius 2 is 0.872 bits per heavy atom. The molecule has 0 unspecified atom stereocenters. The first-order valence-corrected chi connectivity index (χ1v) is 18.6. The van der Waals surface area contributed by atoms with Crippen molar-refractivity contribution in [2.45, 2.75) is 122 Å². The van der Waals surface area contributed by atoms with Crippen LogP contribution in [0.15, 0.2) is 60.7 Å². The number of quaternary nitrogens is 1. The molecule has 0 heterocycles. The molecule has 2 aromatic carbocycles. The molecule has 0 spiro atoms. The normalized spacial score (nSPS) is 12.2. The summed E-state index contributed by atoms with van der Waals surface area (Å²) in [4.78, 5) is 0. The highest BCUT2D eigenvalue weighted by molar-refractivity contribution is 6.97. The molecule has 220 valence electrons. The van der Waals surface area contributed by atoms with Crippen molar-refractivity contribution in [3.05, 3.63) is 60.7 Å². The molecule has 0 aromatic heterocycles. The van der Waals surface area contributed by atoms with Gasteiger partial charge in [-0.3, -0.25) is 0 Å². The SMILES string of the molecule is CCCCCCCCCCCCCCCCCC[N+](C)(C)CCC[Si](OC)(c1ccccc1)c1ccccc1. The Bertz CT molecular complexity index is 783. The van der Waals surface area contributed by atoms with Crippen LogP contribution in [0.3, 0.4) is 0 Å². The summed E-state index contributed by atoms with van der Waals surface area (Å²) in [5, 5.41) is 2.78. The average Bonchev–Trinajstić information content (AvgIpc) is 2.96. The van der Waals surface area contributed by atoms with Gasteiger partial charge in [-0.25, -0.2) is 0 Å². The first-order chi connectivity index (χ1) is 19.0. The van der Waals surface area contributed by atoms with Gasteiger partial charge in [-0.15, -0.1) is 0 Å². The molecule has 0 aliphatic heterocycles. The van der Waals surface area contributed by atoms with E-state index in [-0.39, 0.29) is 0 Å². The fourth-order valence-corrected chi connectivity index (χ4v) is 9.87. The van der Waals surface area contributed by atoms with Crippen molar-refractivity contribution < 1.29 is 8.91 Å². The number of nitrogens with zero attached hydrogens (tertiary/aromatic N) is 1. The quantitative estimate of drug-likeness (QED) is 0.0717. The lowest BCUT2D eigenvalue weighted by molar-refractivity contribution is -0.890. The largest absolute Gasteiger partial charge is 0.411 e. The highest BCUT2D eigenvalue weighted by atomic mass is 28.4. The minimum Gasteiger partial charge on any atom is -0.411 e. The first kappa shape index (κ1) is 33.8. The number of benzene rings is 2. The molecule has 3 heteroatoms. The van der Waals surface area contributed by atoms with E-state index >= 15 is 0 Å². The smallest absolute Gasteiger partial charge is 0.255 e. The molecule has 2 rings (SSSR count). The Balaban J connectivity index is 1.57. The lowest BCUT2D eigenvalue weighted by Crippen LogP contribution is -2.60. The molecule has 0 aliphatic carbocycles. The van der Waals surface area contributed by atoms with Crippen LogP contribution < -0.4 is 10.4 Å². The van der Waals surface area contributed by atoms with Crippen molar-refractivity contribution in [1.29, 1.82) is 0 Å². The Labute approximate surface area is 244 Å². The zero-order chi connectivity index (χ0) is 28.1. The van der Waals surface area contributed by atoms with Gasteiger partial charge in [-0.1, -0.05) is 157 Å². The maximum Gasteiger partial charge on any atom is 0.255 e. The molecule has 2 nitrogen and oxygen atoms in total. The van der Waals surface area contributed by atoms with Crippen LogP contribution in [0.1, 0.15) is 116 Å². The van der Waals surface area contributed by atoms with E-state index in [4.69, 9.17) is 4.43 Å². The topological polar surface area (TPSA) is 9.23 Å². The van der Waals surface area contributed by atoms with Gasteiger partial charge >= 0.3 is 0 Å². The highest BCUT2D eigenvalue weighted by Crippen LogP contribution is 2.18. The highest BCUT2D eigenvalue weighted by Gasteiger charge is 2.38. The summed E-state index contributed by atoms with van der Waals surface area (Å²) in [6.07, 6.45) is 24.2. The number of hydrogen-bond acceptors (Lipinski definition) is 1. The van der Waals surface area contributed by atoms with Crippen LogP contribution in [-0.4, -0.2) is 47.1 Å². The van der Waals surface area contributed by atoms with Crippen LogP contribution in [0.5, 0.6) is 0 Å². The number of rotatable bonds is 24. The van der Waals surface area contributed by atoms with Crippen molar-refractivity contribution in [1.82, 2.24) is 0 Å². The summed E-state index contributed by atoms with van der Waals surface area (Å²) in [6.45, 7) is 4.81. The summed E-state index contributed by atoms with van der Waals surface area (Å²) in [5.74, 6) is 0. The maximum atomic E-state index is 6.45. The number of hydrogen-bond donors (Lipinski definition) is 0. The summed E-state index contributed by atoms with van der Waals surface area (Å²) in [6, 6.07) is 23.1. The molecular weight excluding hydrogens is 490 g/mol. The van der Waals surface area contributed by atoms with Gasteiger partial charge in [-0.05, 0) is 35.7 Å². The van der Waals surface area contributed by atoms with Crippen molar-refractivity contribution in [2.24, 2.45) is 0 Å². The van der Waals surface area contributed by atoms with Gasteiger partial charge in [0.05, 0.1) is 27.2 Å². The predicted molar refractivity (Wildman–Crippen MR) is 176 cm³/mol. The van der Waals surface area contributed by atoms with Gasteiger partial charge in [0.15, 0.2) is 0 Å². The van der Waals surface area contributed by atoms with Crippen molar-refractivity contribution in [3.8, 4) is 0 Å². The average molecular weight is 553 g/mol. The zero-order valence-electron chi connectivity index (χ0n) is 26.3. The second kappa shape index (κ2) is 20.5. The van der Waals surface area contributed by atoms with E-state index < -0.39 is 8.32 Å². The van der Waals surface area contributed by atoms with E-state index in [9.17, 15) is 0 Å². The third-order valence-corrected chi connectivity index (χ3v) is 13.0. The van der Waals surface area contributed by atoms with E-state index in [2.05, 4.69) is 81.7 Å². The number of unbranched alkanes of at least 4 members (excludes halogenated alkanes) is 15. The summed E-state index contributed by atoms with van der Waals surface area (Å²) in [7, 11) is 4.57. The van der Waals surface area contributed by atoms with Crippen LogP contribution in [-0.2, 0) is 4.43 Å². The zero-order valence-corrected chi connectivity index (χ0v) is 27.3. The minimum atomic E-state index is -2.21. The van der Waals surface area contributed by atoms with Gasteiger partial charge in [-0.2, -0.15) is 0 Å². The van der Waals surface area contributed by atoms with Crippen molar-refractivity contribution >= 4 is 18.7 Å². The third-order valence-electron chi connectivity index (χ3n) is 8.74. The monoisotopic (exact) mass is 552 g/mol. The molecule has 2 aromatic rings. The second-order valence-corrected chi connectivity index (χ2v) is 16.3. The molecule has 0 aliphatic rings. The standard InChI is InChI=1S/C36H62NOSi/c1-5-6-7-8-9-10-11-12-13-14-15-16-17-18-19-26-32-37(2,3)33-27-34-39(38-4,35-28-22-20-23-29-35)36-30-24-21-25-31-36/h20-25,28-31H,5-19,26-27,32-34H2,1-4H3/q+1. The third kappa shape index (κ3) is 13.7. The summed E-state index contributed by atoms with van der Waals surface area (Å²) >= 11 is 0. The summed E-state index contributed by atoms with van der Waals surface area (Å²) < 4.78 is 7.57. The fraction of sp³-hybridized carbons (Fsp3) is 0.667. The Morgan fingerprint density at radius 1 is 0.513 bits per heavy atom. The van der Waals surface area contributed by atoms with E-state index in [0.717, 1.165) is 10.5 Å². The summed E-state index contributed by atoms with van der Waals surface area (Å²) in [5.41, 5.74) is 0. The van der Waals surface area contributed by atoms with Crippen molar-refractivity contribution in [3.63, 3.8) is 0 Å². The molecule has 0 amide bonds. The van der Waals surface area contributed by atoms with Gasteiger partial charge < -0.3 is 8.91 Å². The van der Waals surface area contributed by atoms with Gasteiger partial charge in [0.25, 0.3) is 8.32 Å². The van der Waals surface area contributed by atoms with Crippen LogP contribution >= 0.6 is 0 Å². The molecular formula is C36H62NOSi+. The lowest BCUT2D eigenvalue weighted by Gasteiger charge is -2.34. The Morgan fingerprint density at radius 3 is 1.26 bits per heavy atom. The maximum absolute atomic E-state index is 6.45. The molecule has 0 atom stereocenters. The van der Waals surface area contributed by atoms with Gasteiger partial charge in [0.2, 0.25) is 0 Å². The van der Waals surface area contributed by atoms with Gasteiger partial charge in [0, 0.05) is 7.11 Å². The molecule has 0 radical (unpaired) electrons. The Kier molecular flexibility index (Phi) is 17.7. The predicted octanol–water partition coefficient (Wildman–Crippen LogP) is 9.12. The van der Waals surface area contributed by atoms with Crippen LogP contribution in [0.2, 0.25) is 6.04 Å². The van der Waals surface area contributed by atoms with Crippen LogP contribution in [0, 0.1) is 0 Å². The Hall–Kier alpha value is -1.42. The fourth-order valence-electron chi connectivity index (χ4n) is 6.16.